The summed E-state index contributed by atoms with van der Waals surface area (Å²) in [4.78, 5) is 33.1. The number of hydrazine groups is 1. The van der Waals surface area contributed by atoms with Crippen LogP contribution in [0.15, 0.2) is 28.1 Å². The zero-order valence-corrected chi connectivity index (χ0v) is 19.6. The van der Waals surface area contributed by atoms with Crippen LogP contribution in [0.2, 0.25) is 0 Å². The Kier molecular flexibility index (Phi) is 8.66. The van der Waals surface area contributed by atoms with E-state index in [0.29, 0.717) is 28.7 Å². The van der Waals surface area contributed by atoms with Crippen LogP contribution in [0.3, 0.4) is 0 Å². The van der Waals surface area contributed by atoms with E-state index in [-0.39, 0.29) is 11.7 Å². The molecule has 1 N–H and O–H groups in total. The number of amidine groups is 1. The zero-order chi connectivity index (χ0) is 23.1. The lowest BCUT2D eigenvalue weighted by Gasteiger charge is -2.28. The SMILES string of the molecule is CCN(CC)CCN(C)C(=O)Oc1cc(F)ccc1/C=C1/SC(N2CCCCN2)=NC1=O. The third-order valence-corrected chi connectivity index (χ3v) is 6.38. The maximum Gasteiger partial charge on any atom is 0.415 e. The zero-order valence-electron chi connectivity index (χ0n) is 18.8. The topological polar surface area (TPSA) is 77.5 Å². The molecule has 2 aliphatic rings. The predicted octanol–water partition coefficient (Wildman–Crippen LogP) is 3.17. The number of amides is 2. The number of carbonyl (C=O) groups excluding carboxylic acids is 2. The number of hydrogen-bond donors (Lipinski definition) is 1. The van der Waals surface area contributed by atoms with Crippen molar-refractivity contribution in [2.75, 3.05) is 46.3 Å². The number of carbonyl (C=O) groups is 2. The summed E-state index contributed by atoms with van der Waals surface area (Å²) < 4.78 is 19.4. The lowest BCUT2D eigenvalue weighted by atomic mass is 10.2. The van der Waals surface area contributed by atoms with Gasteiger partial charge in [-0.1, -0.05) is 13.8 Å². The molecule has 2 aliphatic heterocycles. The van der Waals surface area contributed by atoms with E-state index in [9.17, 15) is 14.0 Å². The van der Waals surface area contributed by atoms with Crippen LogP contribution >= 0.6 is 11.8 Å². The lowest BCUT2D eigenvalue weighted by molar-refractivity contribution is -0.113. The van der Waals surface area contributed by atoms with E-state index < -0.39 is 11.9 Å². The summed E-state index contributed by atoms with van der Waals surface area (Å²) in [5.41, 5.74) is 3.67. The maximum absolute atomic E-state index is 13.9. The largest absolute Gasteiger partial charge is 0.415 e. The molecular weight excluding hydrogens is 433 g/mol. The van der Waals surface area contributed by atoms with Crippen molar-refractivity contribution in [3.8, 4) is 5.75 Å². The third kappa shape index (κ3) is 6.30. The van der Waals surface area contributed by atoms with Crippen molar-refractivity contribution in [3.05, 3.63) is 34.5 Å². The molecule has 0 radical (unpaired) electrons. The Morgan fingerprint density at radius 1 is 1.31 bits per heavy atom. The number of aliphatic imine (C=N–C) groups is 1. The summed E-state index contributed by atoms with van der Waals surface area (Å²) in [6.07, 6.45) is 3.12. The van der Waals surface area contributed by atoms with Gasteiger partial charge in [0.15, 0.2) is 5.17 Å². The smallest absolute Gasteiger partial charge is 0.409 e. The highest BCUT2D eigenvalue weighted by Gasteiger charge is 2.27. The van der Waals surface area contributed by atoms with Crippen LogP contribution in [0, 0.1) is 5.82 Å². The van der Waals surface area contributed by atoms with E-state index in [2.05, 4.69) is 29.2 Å². The van der Waals surface area contributed by atoms with Crippen LogP contribution in [0.25, 0.3) is 6.08 Å². The number of rotatable bonds is 7. The van der Waals surface area contributed by atoms with Crippen LogP contribution < -0.4 is 10.2 Å². The van der Waals surface area contributed by atoms with Crippen molar-refractivity contribution >= 4 is 35.0 Å². The van der Waals surface area contributed by atoms with E-state index in [4.69, 9.17) is 4.74 Å². The normalized spacial score (nSPS) is 17.8. The number of ether oxygens (including phenoxy) is 1. The van der Waals surface area contributed by atoms with Gasteiger partial charge in [-0.3, -0.25) is 9.80 Å². The molecule has 0 unspecified atom stereocenters. The van der Waals surface area contributed by atoms with E-state index in [1.54, 1.807) is 13.1 Å². The average molecular weight is 464 g/mol. The quantitative estimate of drug-likeness (QED) is 0.623. The molecule has 8 nitrogen and oxygen atoms in total. The van der Waals surface area contributed by atoms with Crippen LogP contribution in [-0.2, 0) is 4.79 Å². The Morgan fingerprint density at radius 2 is 2.09 bits per heavy atom. The maximum atomic E-state index is 13.9. The molecule has 2 amide bonds. The molecule has 0 atom stereocenters. The summed E-state index contributed by atoms with van der Waals surface area (Å²) in [5.74, 6) is -0.828. The Balaban J connectivity index is 1.70. The number of benzene rings is 1. The van der Waals surface area contributed by atoms with Gasteiger partial charge in [-0.15, -0.1) is 0 Å². The van der Waals surface area contributed by atoms with Crippen LogP contribution in [0.4, 0.5) is 9.18 Å². The van der Waals surface area contributed by atoms with E-state index >= 15 is 0 Å². The van der Waals surface area contributed by atoms with Crippen molar-refractivity contribution in [3.63, 3.8) is 0 Å². The van der Waals surface area contributed by atoms with E-state index in [1.807, 2.05) is 5.01 Å². The van der Waals surface area contributed by atoms with Crippen LogP contribution in [0.5, 0.6) is 5.75 Å². The van der Waals surface area contributed by atoms with Crippen molar-refractivity contribution in [1.29, 1.82) is 0 Å². The summed E-state index contributed by atoms with van der Waals surface area (Å²) >= 11 is 1.25. The summed E-state index contributed by atoms with van der Waals surface area (Å²) in [5, 5.41) is 2.47. The van der Waals surface area contributed by atoms with Gasteiger partial charge in [0, 0.05) is 44.9 Å². The van der Waals surface area contributed by atoms with Gasteiger partial charge in [-0.2, -0.15) is 4.99 Å². The monoisotopic (exact) mass is 463 g/mol. The fourth-order valence-corrected chi connectivity index (χ4v) is 4.23. The Labute approximate surface area is 192 Å². The third-order valence-electron chi connectivity index (χ3n) is 5.37. The second-order valence-electron chi connectivity index (χ2n) is 7.58. The van der Waals surface area contributed by atoms with Gasteiger partial charge >= 0.3 is 6.09 Å². The van der Waals surface area contributed by atoms with Crippen molar-refractivity contribution < 1.29 is 18.7 Å². The minimum Gasteiger partial charge on any atom is -0.409 e. The molecule has 1 aromatic rings. The van der Waals surface area contributed by atoms with Crippen molar-refractivity contribution in [2.24, 2.45) is 4.99 Å². The van der Waals surface area contributed by atoms with Crippen LogP contribution in [-0.4, -0.2) is 78.3 Å². The van der Waals surface area contributed by atoms with Crippen LogP contribution in [0.1, 0.15) is 32.3 Å². The highest BCUT2D eigenvalue weighted by Crippen LogP contribution is 2.33. The molecule has 32 heavy (non-hydrogen) atoms. The molecule has 0 saturated carbocycles. The Bertz CT molecular complexity index is 898. The molecule has 3 rings (SSSR count). The molecule has 1 saturated heterocycles. The molecule has 1 fully saturated rings. The molecule has 0 aliphatic carbocycles. The minimum absolute atomic E-state index is 0.0649. The van der Waals surface area contributed by atoms with Gasteiger partial charge in [-0.25, -0.2) is 14.6 Å². The number of hydrogen-bond acceptors (Lipinski definition) is 7. The van der Waals surface area contributed by atoms with E-state index in [1.165, 1.54) is 28.8 Å². The second-order valence-corrected chi connectivity index (χ2v) is 8.58. The van der Waals surface area contributed by atoms with Crippen molar-refractivity contribution in [1.82, 2.24) is 20.2 Å². The summed E-state index contributed by atoms with van der Waals surface area (Å²) in [6.45, 7) is 8.74. The fourth-order valence-electron chi connectivity index (χ4n) is 3.32. The first-order chi connectivity index (χ1) is 15.4. The number of nitrogens with one attached hydrogen (secondary N) is 1. The highest BCUT2D eigenvalue weighted by molar-refractivity contribution is 8.18. The first-order valence-electron chi connectivity index (χ1n) is 10.9. The molecular formula is C22H30FN5O3S. The Morgan fingerprint density at radius 3 is 2.78 bits per heavy atom. The number of halogens is 1. The van der Waals surface area contributed by atoms with Gasteiger partial charge in [-0.05, 0) is 55.9 Å². The van der Waals surface area contributed by atoms with Gasteiger partial charge in [0.25, 0.3) is 5.91 Å². The first-order valence-corrected chi connectivity index (χ1v) is 11.7. The number of nitrogens with zero attached hydrogens (tertiary/aromatic N) is 4. The molecule has 10 heteroatoms. The molecule has 0 aromatic heterocycles. The van der Waals surface area contributed by atoms with Gasteiger partial charge in [0.1, 0.15) is 11.6 Å². The molecule has 0 bridgehead atoms. The van der Waals surface area contributed by atoms with E-state index in [0.717, 1.165) is 45.1 Å². The predicted molar refractivity (Wildman–Crippen MR) is 125 cm³/mol. The average Bonchev–Trinajstić information content (AvgIpc) is 3.17. The molecule has 2 heterocycles. The standard InChI is InChI=1S/C22H30FN5O3S/c1-4-27(5-2)13-12-26(3)22(30)31-18-15-17(23)9-8-16(18)14-19-20(29)25-21(32-19)28-11-7-6-10-24-28/h8-9,14-15,24H,4-7,10-13H2,1-3H3/b19-14+. The lowest BCUT2D eigenvalue weighted by Crippen LogP contribution is -2.45. The molecule has 0 spiro atoms. The number of likely N-dealkylation sites (N-methyl/N-ethyl adjacent to an activating group) is 2. The summed E-state index contributed by atoms with van der Waals surface area (Å²) in [7, 11) is 1.64. The number of thioether (sulfide) groups is 1. The highest BCUT2D eigenvalue weighted by atomic mass is 32.2. The van der Waals surface area contributed by atoms with Crippen molar-refractivity contribution in [2.45, 2.75) is 26.7 Å². The van der Waals surface area contributed by atoms with Gasteiger partial charge in [0.2, 0.25) is 0 Å². The molecule has 1 aromatic carbocycles. The second kappa shape index (κ2) is 11.4. The van der Waals surface area contributed by atoms with Gasteiger partial charge in [0.05, 0.1) is 4.91 Å². The molecule has 174 valence electrons. The summed E-state index contributed by atoms with van der Waals surface area (Å²) in [6, 6.07) is 3.91. The van der Waals surface area contributed by atoms with Gasteiger partial charge < -0.3 is 14.5 Å². The fraction of sp³-hybridized carbons (Fsp3) is 0.500. The Hall–Kier alpha value is -2.43. The minimum atomic E-state index is -0.581. The first kappa shape index (κ1) is 24.2.